The highest BCUT2D eigenvalue weighted by atomic mass is 16.4. The predicted molar refractivity (Wildman–Crippen MR) is 75.3 cm³/mol. The van der Waals surface area contributed by atoms with Crippen molar-refractivity contribution in [1.82, 2.24) is 15.3 Å². The molecule has 108 valence electrons. The number of oxazole rings is 1. The molecule has 1 amide bonds. The largest absolute Gasteiger partial charge is 0.444 e. The summed E-state index contributed by atoms with van der Waals surface area (Å²) in [6.45, 7) is 1.89. The average Bonchev–Trinajstić information content (AvgIpc) is 2.99. The fraction of sp³-hybridized carbons (Fsp3) is 0.267. The highest BCUT2D eigenvalue weighted by Crippen LogP contribution is 2.07. The number of carbonyl (C=O) groups excluding carboxylic acids is 1. The number of amides is 1. The lowest BCUT2D eigenvalue weighted by Crippen LogP contribution is -2.23. The van der Waals surface area contributed by atoms with Crippen molar-refractivity contribution in [2.24, 2.45) is 0 Å². The first-order valence-electron chi connectivity index (χ1n) is 6.50. The first-order chi connectivity index (χ1) is 10.2. The van der Waals surface area contributed by atoms with Crippen LogP contribution in [0.4, 0.5) is 0 Å². The monoisotopic (exact) mass is 285 g/mol. The molecule has 0 aliphatic heterocycles. The summed E-state index contributed by atoms with van der Waals surface area (Å²) < 4.78 is 5.42. The SMILES string of the molecule is CCc1cnc(CNC(=O)c2ccncc2C#CCO)o1. The summed E-state index contributed by atoms with van der Waals surface area (Å²) in [4.78, 5) is 20.1. The highest BCUT2D eigenvalue weighted by molar-refractivity contribution is 5.96. The Morgan fingerprint density at radius 3 is 3.05 bits per heavy atom. The zero-order valence-corrected chi connectivity index (χ0v) is 11.6. The van der Waals surface area contributed by atoms with Gasteiger partial charge in [-0.2, -0.15) is 0 Å². The van der Waals surface area contributed by atoms with Gasteiger partial charge in [0, 0.05) is 18.8 Å². The van der Waals surface area contributed by atoms with E-state index < -0.39 is 0 Å². The highest BCUT2D eigenvalue weighted by Gasteiger charge is 2.11. The van der Waals surface area contributed by atoms with E-state index in [4.69, 9.17) is 9.52 Å². The van der Waals surface area contributed by atoms with Gasteiger partial charge in [0.15, 0.2) is 0 Å². The Kier molecular flexibility index (Phi) is 5.07. The fourth-order valence-corrected chi connectivity index (χ4v) is 1.67. The first-order valence-corrected chi connectivity index (χ1v) is 6.50. The van der Waals surface area contributed by atoms with Gasteiger partial charge in [0.25, 0.3) is 5.91 Å². The first kappa shape index (κ1) is 14.8. The minimum absolute atomic E-state index is 0.202. The quantitative estimate of drug-likeness (QED) is 0.815. The van der Waals surface area contributed by atoms with Crippen LogP contribution in [-0.2, 0) is 13.0 Å². The Labute approximate surface area is 122 Å². The summed E-state index contributed by atoms with van der Waals surface area (Å²) in [6.07, 6.45) is 5.40. The third-order valence-corrected chi connectivity index (χ3v) is 2.72. The Balaban J connectivity index is 2.06. The van der Waals surface area contributed by atoms with Gasteiger partial charge < -0.3 is 14.8 Å². The van der Waals surface area contributed by atoms with Crippen molar-refractivity contribution in [2.45, 2.75) is 19.9 Å². The molecule has 0 bridgehead atoms. The number of aromatic nitrogens is 2. The molecular weight excluding hydrogens is 270 g/mol. The van der Waals surface area contributed by atoms with Crippen LogP contribution >= 0.6 is 0 Å². The van der Waals surface area contributed by atoms with E-state index in [2.05, 4.69) is 27.1 Å². The molecule has 2 aromatic rings. The average molecular weight is 285 g/mol. The molecule has 0 atom stereocenters. The zero-order valence-electron chi connectivity index (χ0n) is 11.6. The number of pyridine rings is 1. The Morgan fingerprint density at radius 2 is 2.33 bits per heavy atom. The molecule has 2 N–H and O–H groups in total. The normalized spacial score (nSPS) is 9.81. The van der Waals surface area contributed by atoms with Crippen LogP contribution in [0, 0.1) is 11.8 Å². The number of hydrogen-bond donors (Lipinski definition) is 2. The van der Waals surface area contributed by atoms with Crippen molar-refractivity contribution < 1.29 is 14.3 Å². The van der Waals surface area contributed by atoms with Crippen molar-refractivity contribution in [3.63, 3.8) is 0 Å². The van der Waals surface area contributed by atoms with Gasteiger partial charge in [-0.25, -0.2) is 4.98 Å². The van der Waals surface area contributed by atoms with Crippen LogP contribution in [0.1, 0.15) is 34.5 Å². The molecule has 0 saturated heterocycles. The molecule has 0 spiro atoms. The van der Waals surface area contributed by atoms with Crippen LogP contribution in [0.3, 0.4) is 0 Å². The molecule has 0 aliphatic carbocycles. The minimum atomic E-state index is -0.295. The maximum absolute atomic E-state index is 12.1. The van der Waals surface area contributed by atoms with E-state index in [1.807, 2.05) is 6.92 Å². The van der Waals surface area contributed by atoms with Gasteiger partial charge in [0.2, 0.25) is 5.89 Å². The molecule has 0 fully saturated rings. The standard InChI is InChI=1S/C15H15N3O3/c1-2-12-9-17-14(21-12)10-18-15(20)13-5-6-16-8-11(13)4-3-7-19/h5-6,8-9,19H,2,7,10H2,1H3,(H,18,20). The summed E-state index contributed by atoms with van der Waals surface area (Å²) in [5.74, 6) is 6.13. The Morgan fingerprint density at radius 1 is 1.48 bits per heavy atom. The van der Waals surface area contributed by atoms with Gasteiger partial charge in [-0.05, 0) is 6.07 Å². The second-order valence-electron chi connectivity index (χ2n) is 4.14. The van der Waals surface area contributed by atoms with Gasteiger partial charge in [0.1, 0.15) is 12.4 Å². The lowest BCUT2D eigenvalue weighted by atomic mass is 10.1. The predicted octanol–water partition coefficient (Wildman–Crippen LogP) is 0.906. The third kappa shape index (κ3) is 3.91. The van der Waals surface area contributed by atoms with Crippen LogP contribution in [0.15, 0.2) is 29.1 Å². The molecule has 6 heteroatoms. The van der Waals surface area contributed by atoms with E-state index in [1.54, 1.807) is 12.3 Å². The van der Waals surface area contributed by atoms with Crippen molar-refractivity contribution in [3.05, 3.63) is 47.4 Å². The number of aliphatic hydroxyl groups excluding tert-OH is 1. The number of aliphatic hydroxyl groups is 1. The van der Waals surface area contributed by atoms with Gasteiger partial charge >= 0.3 is 0 Å². The Hall–Kier alpha value is -2.65. The van der Waals surface area contributed by atoms with Gasteiger partial charge in [-0.3, -0.25) is 9.78 Å². The molecule has 0 aliphatic rings. The molecule has 0 saturated carbocycles. The number of rotatable bonds is 4. The molecule has 2 rings (SSSR count). The van der Waals surface area contributed by atoms with Gasteiger partial charge in [0.05, 0.1) is 23.9 Å². The summed E-state index contributed by atoms with van der Waals surface area (Å²) in [7, 11) is 0. The van der Waals surface area contributed by atoms with Crippen LogP contribution in [0.25, 0.3) is 0 Å². The molecule has 2 heterocycles. The van der Waals surface area contributed by atoms with Crippen molar-refractivity contribution in [1.29, 1.82) is 0 Å². The van der Waals surface area contributed by atoms with Crippen LogP contribution < -0.4 is 5.32 Å². The fourth-order valence-electron chi connectivity index (χ4n) is 1.67. The molecule has 0 unspecified atom stereocenters. The van der Waals surface area contributed by atoms with E-state index in [0.717, 1.165) is 12.2 Å². The van der Waals surface area contributed by atoms with E-state index in [1.165, 1.54) is 12.4 Å². The lowest BCUT2D eigenvalue weighted by Gasteiger charge is -2.04. The van der Waals surface area contributed by atoms with E-state index >= 15 is 0 Å². The van der Waals surface area contributed by atoms with Gasteiger partial charge in [-0.1, -0.05) is 18.8 Å². The van der Waals surface area contributed by atoms with E-state index in [9.17, 15) is 4.79 Å². The second-order valence-corrected chi connectivity index (χ2v) is 4.14. The number of nitrogens with one attached hydrogen (secondary N) is 1. The molecule has 0 radical (unpaired) electrons. The summed E-state index contributed by atoms with van der Waals surface area (Å²) in [6, 6.07) is 1.57. The molecular formula is C15H15N3O3. The van der Waals surface area contributed by atoms with E-state index in [0.29, 0.717) is 17.0 Å². The number of aryl methyl sites for hydroxylation is 1. The van der Waals surface area contributed by atoms with E-state index in [-0.39, 0.29) is 19.1 Å². The maximum atomic E-state index is 12.1. The van der Waals surface area contributed by atoms with Gasteiger partial charge in [-0.15, -0.1) is 0 Å². The van der Waals surface area contributed by atoms with Crippen molar-refractivity contribution in [3.8, 4) is 11.8 Å². The smallest absolute Gasteiger partial charge is 0.253 e. The number of hydrogen-bond acceptors (Lipinski definition) is 5. The second kappa shape index (κ2) is 7.22. The number of carbonyl (C=O) groups is 1. The van der Waals surface area contributed by atoms with Crippen LogP contribution in [0.2, 0.25) is 0 Å². The molecule has 6 nitrogen and oxygen atoms in total. The van der Waals surface area contributed by atoms with Crippen molar-refractivity contribution in [2.75, 3.05) is 6.61 Å². The minimum Gasteiger partial charge on any atom is -0.444 e. The third-order valence-electron chi connectivity index (χ3n) is 2.72. The summed E-state index contributed by atoms with van der Waals surface area (Å²) >= 11 is 0. The molecule has 0 aromatic carbocycles. The summed E-state index contributed by atoms with van der Waals surface area (Å²) in [5.41, 5.74) is 0.860. The van der Waals surface area contributed by atoms with Crippen LogP contribution in [-0.4, -0.2) is 27.6 Å². The summed E-state index contributed by atoms with van der Waals surface area (Å²) in [5, 5.41) is 11.4. The molecule has 2 aromatic heterocycles. The van der Waals surface area contributed by atoms with Crippen molar-refractivity contribution >= 4 is 5.91 Å². The maximum Gasteiger partial charge on any atom is 0.253 e. The van der Waals surface area contributed by atoms with Crippen LogP contribution in [0.5, 0.6) is 0 Å². The lowest BCUT2D eigenvalue weighted by molar-refractivity contribution is 0.0946. The number of nitrogens with zero attached hydrogens (tertiary/aromatic N) is 2. The molecule has 21 heavy (non-hydrogen) atoms. The topological polar surface area (TPSA) is 88.2 Å². The Bertz CT molecular complexity index is 683. The zero-order chi connectivity index (χ0) is 15.1.